The summed E-state index contributed by atoms with van der Waals surface area (Å²) in [5.41, 5.74) is 2.58. The lowest BCUT2D eigenvalue weighted by Crippen LogP contribution is -2.40. The van der Waals surface area contributed by atoms with Crippen molar-refractivity contribution in [2.75, 3.05) is 26.9 Å². The van der Waals surface area contributed by atoms with Crippen LogP contribution < -0.4 is 24.4 Å². The Morgan fingerprint density at radius 3 is 2.37 bits per heavy atom. The number of nitrogens with zero attached hydrogens (tertiary/aromatic N) is 2. The van der Waals surface area contributed by atoms with Crippen molar-refractivity contribution in [3.05, 3.63) is 121 Å². The standard InChI is InChI=1S/C33H30N2O7S/c1-4-40-27(36)20-42-24-16-14-21(15-17-24)18-26-31(37)35-30(23-12-9-13-25(19-23)39-3)28(32(38)41-5-2)29(34-33(35)43-26)22-10-7-6-8-11-22/h6-19,30H,4-5,20H2,1-3H3/b26-18-/t30-/m0/s1. The van der Waals surface area contributed by atoms with Gasteiger partial charge in [0.2, 0.25) is 0 Å². The van der Waals surface area contributed by atoms with Gasteiger partial charge in [-0.15, -0.1) is 0 Å². The Balaban J connectivity index is 1.65. The quantitative estimate of drug-likeness (QED) is 0.255. The van der Waals surface area contributed by atoms with E-state index in [9.17, 15) is 14.4 Å². The number of esters is 2. The largest absolute Gasteiger partial charge is 0.497 e. The van der Waals surface area contributed by atoms with Crippen LogP contribution in [0.1, 0.15) is 36.6 Å². The Kier molecular flexibility index (Phi) is 9.17. The second kappa shape index (κ2) is 13.3. The van der Waals surface area contributed by atoms with Crippen molar-refractivity contribution >= 4 is 35.0 Å². The summed E-state index contributed by atoms with van der Waals surface area (Å²) in [4.78, 5) is 44.5. The molecular formula is C33H30N2O7S. The predicted molar refractivity (Wildman–Crippen MR) is 163 cm³/mol. The Morgan fingerprint density at radius 2 is 1.67 bits per heavy atom. The van der Waals surface area contributed by atoms with Gasteiger partial charge in [0.05, 0.1) is 42.2 Å². The van der Waals surface area contributed by atoms with E-state index in [1.165, 1.54) is 11.3 Å². The van der Waals surface area contributed by atoms with E-state index in [4.69, 9.17) is 23.9 Å². The van der Waals surface area contributed by atoms with E-state index >= 15 is 0 Å². The van der Waals surface area contributed by atoms with Gasteiger partial charge >= 0.3 is 11.9 Å². The molecular weight excluding hydrogens is 568 g/mol. The average Bonchev–Trinajstić information content (AvgIpc) is 3.34. The third-order valence-electron chi connectivity index (χ3n) is 6.62. The molecule has 1 aliphatic rings. The van der Waals surface area contributed by atoms with E-state index in [1.807, 2.05) is 48.5 Å². The van der Waals surface area contributed by atoms with Gasteiger partial charge in [0.15, 0.2) is 11.4 Å². The monoisotopic (exact) mass is 598 g/mol. The minimum absolute atomic E-state index is 0.166. The maximum atomic E-state index is 14.0. The Morgan fingerprint density at radius 1 is 0.930 bits per heavy atom. The molecule has 0 N–H and O–H groups in total. The molecule has 1 aliphatic heterocycles. The molecule has 0 saturated heterocycles. The van der Waals surface area contributed by atoms with Crippen LogP contribution in [0.5, 0.6) is 11.5 Å². The van der Waals surface area contributed by atoms with Crippen LogP contribution in [0, 0.1) is 0 Å². The molecule has 0 fully saturated rings. The van der Waals surface area contributed by atoms with Crippen LogP contribution in [-0.2, 0) is 19.1 Å². The zero-order chi connectivity index (χ0) is 30.3. The fourth-order valence-corrected chi connectivity index (χ4v) is 5.72. The molecule has 0 bridgehead atoms. The number of fused-ring (bicyclic) bond motifs is 1. The molecule has 1 aromatic heterocycles. The van der Waals surface area contributed by atoms with E-state index in [-0.39, 0.29) is 31.0 Å². The topological polar surface area (TPSA) is 105 Å². The van der Waals surface area contributed by atoms with Crippen LogP contribution in [0.3, 0.4) is 0 Å². The van der Waals surface area contributed by atoms with Gasteiger partial charge in [-0.25, -0.2) is 14.6 Å². The zero-order valence-electron chi connectivity index (χ0n) is 23.9. The SMILES string of the molecule is CCOC(=O)COc1ccc(/C=c2\sc3n(c2=O)[C@@H](c2cccc(OC)c2)C(C(=O)OCC)=C(c2ccccc2)N=3)cc1. The van der Waals surface area contributed by atoms with Gasteiger partial charge in [-0.1, -0.05) is 65.9 Å². The van der Waals surface area contributed by atoms with Crippen molar-refractivity contribution in [2.45, 2.75) is 19.9 Å². The molecule has 0 saturated carbocycles. The van der Waals surface area contributed by atoms with Gasteiger partial charge < -0.3 is 18.9 Å². The summed E-state index contributed by atoms with van der Waals surface area (Å²) in [7, 11) is 1.56. The lowest BCUT2D eigenvalue weighted by atomic mass is 9.93. The maximum Gasteiger partial charge on any atom is 0.344 e. The number of aromatic nitrogens is 1. The Hall–Kier alpha value is -4.96. The van der Waals surface area contributed by atoms with Gasteiger partial charge in [0.25, 0.3) is 5.56 Å². The Labute approximate surface area is 252 Å². The highest BCUT2D eigenvalue weighted by molar-refractivity contribution is 7.07. The van der Waals surface area contributed by atoms with Gasteiger partial charge in [-0.3, -0.25) is 9.36 Å². The molecule has 9 nitrogen and oxygen atoms in total. The average molecular weight is 599 g/mol. The van der Waals surface area contributed by atoms with E-state index in [2.05, 4.69) is 0 Å². The molecule has 1 atom stereocenters. The van der Waals surface area contributed by atoms with Crippen LogP contribution in [0.4, 0.5) is 0 Å². The maximum absolute atomic E-state index is 14.0. The molecule has 0 spiro atoms. The van der Waals surface area contributed by atoms with Crippen LogP contribution >= 0.6 is 11.3 Å². The molecule has 220 valence electrons. The third-order valence-corrected chi connectivity index (χ3v) is 7.61. The molecule has 3 aromatic carbocycles. The summed E-state index contributed by atoms with van der Waals surface area (Å²) in [6, 6.07) is 22.9. The molecule has 43 heavy (non-hydrogen) atoms. The van der Waals surface area contributed by atoms with Gasteiger partial charge in [-0.05, 0) is 55.3 Å². The zero-order valence-corrected chi connectivity index (χ0v) is 24.8. The number of benzene rings is 3. The minimum atomic E-state index is -0.804. The first kappa shape index (κ1) is 29.5. The highest BCUT2D eigenvalue weighted by Gasteiger charge is 2.35. The normalized spacial score (nSPS) is 14.5. The van der Waals surface area contributed by atoms with Crippen molar-refractivity contribution < 1.29 is 28.5 Å². The van der Waals surface area contributed by atoms with Gasteiger partial charge in [0, 0.05) is 5.56 Å². The van der Waals surface area contributed by atoms with Crippen molar-refractivity contribution in [1.29, 1.82) is 0 Å². The minimum Gasteiger partial charge on any atom is -0.497 e. The molecule has 5 rings (SSSR count). The van der Waals surface area contributed by atoms with Crippen LogP contribution in [0.25, 0.3) is 11.8 Å². The number of methoxy groups -OCH3 is 1. The smallest absolute Gasteiger partial charge is 0.344 e. The number of ether oxygens (including phenoxy) is 4. The summed E-state index contributed by atoms with van der Waals surface area (Å²) in [5, 5.41) is 0. The number of carbonyl (C=O) groups excluding carboxylic acids is 2. The van der Waals surface area contributed by atoms with Crippen molar-refractivity contribution in [3.63, 3.8) is 0 Å². The summed E-state index contributed by atoms with van der Waals surface area (Å²) in [5.74, 6) is 0.0866. The van der Waals surface area contributed by atoms with E-state index < -0.39 is 18.0 Å². The van der Waals surface area contributed by atoms with Crippen LogP contribution in [0.2, 0.25) is 0 Å². The second-order valence-corrected chi connectivity index (χ2v) is 10.4. The molecule has 0 amide bonds. The first-order valence-corrected chi connectivity index (χ1v) is 14.6. The lowest BCUT2D eigenvalue weighted by Gasteiger charge is -2.26. The number of rotatable bonds is 10. The summed E-state index contributed by atoms with van der Waals surface area (Å²) >= 11 is 1.23. The van der Waals surface area contributed by atoms with Crippen molar-refractivity contribution in [2.24, 2.45) is 4.99 Å². The number of thiazole rings is 1. The highest BCUT2D eigenvalue weighted by atomic mass is 32.1. The van der Waals surface area contributed by atoms with E-state index in [1.54, 1.807) is 61.9 Å². The second-order valence-electron chi connectivity index (χ2n) is 9.37. The first-order chi connectivity index (χ1) is 20.9. The lowest BCUT2D eigenvalue weighted by molar-refractivity contribution is -0.145. The fraction of sp³-hybridized carbons (Fsp3) is 0.212. The predicted octanol–water partition coefficient (Wildman–Crippen LogP) is 3.89. The highest BCUT2D eigenvalue weighted by Crippen LogP contribution is 2.36. The summed E-state index contributed by atoms with van der Waals surface area (Å²) in [6.07, 6.45) is 1.76. The molecule has 0 aliphatic carbocycles. The van der Waals surface area contributed by atoms with Crippen LogP contribution in [-0.4, -0.2) is 43.4 Å². The number of carbonyl (C=O) groups is 2. The fourth-order valence-electron chi connectivity index (χ4n) is 4.72. The Bertz CT molecular complexity index is 1840. The summed E-state index contributed by atoms with van der Waals surface area (Å²) < 4.78 is 23.3. The first-order valence-electron chi connectivity index (χ1n) is 13.7. The van der Waals surface area contributed by atoms with Crippen molar-refractivity contribution in [3.8, 4) is 11.5 Å². The molecule has 10 heteroatoms. The third kappa shape index (κ3) is 6.44. The number of hydrogen-bond donors (Lipinski definition) is 0. The molecule has 0 unspecified atom stereocenters. The van der Waals surface area contributed by atoms with Gasteiger partial charge in [0.1, 0.15) is 11.5 Å². The summed E-state index contributed by atoms with van der Waals surface area (Å²) in [6.45, 7) is 3.73. The van der Waals surface area contributed by atoms with E-state index in [0.717, 1.165) is 11.1 Å². The van der Waals surface area contributed by atoms with Crippen LogP contribution in [0.15, 0.2) is 94.2 Å². The molecule has 4 aromatic rings. The number of hydrogen-bond acceptors (Lipinski definition) is 9. The molecule has 2 heterocycles. The molecule has 0 radical (unpaired) electrons. The van der Waals surface area contributed by atoms with E-state index in [0.29, 0.717) is 32.1 Å². The van der Waals surface area contributed by atoms with Crippen molar-refractivity contribution in [1.82, 2.24) is 4.57 Å². The van der Waals surface area contributed by atoms with Gasteiger partial charge in [-0.2, -0.15) is 0 Å².